The van der Waals surface area contributed by atoms with Crippen molar-refractivity contribution in [2.75, 3.05) is 16.2 Å². The molecule has 0 aliphatic carbocycles. The quantitative estimate of drug-likeness (QED) is 0.837. The van der Waals surface area contributed by atoms with Crippen molar-refractivity contribution in [1.82, 2.24) is 0 Å². The molecule has 2 aromatic carbocycles. The van der Waals surface area contributed by atoms with E-state index in [0.717, 1.165) is 17.7 Å². The first kappa shape index (κ1) is 18.0. The minimum Gasteiger partial charge on any atom is -0.312 e. The van der Waals surface area contributed by atoms with E-state index in [0.29, 0.717) is 18.7 Å². The maximum Gasteiger partial charge on any atom is 0.263 e. The Hall–Kier alpha value is -1.76. The number of benzene rings is 2. The van der Waals surface area contributed by atoms with Gasteiger partial charge in [0.25, 0.3) is 10.0 Å². The van der Waals surface area contributed by atoms with Gasteiger partial charge in [-0.25, -0.2) is 8.42 Å². The van der Waals surface area contributed by atoms with Crippen LogP contribution in [0.25, 0.3) is 0 Å². The summed E-state index contributed by atoms with van der Waals surface area (Å²) in [6.45, 7) is 2.52. The molecule has 0 spiro atoms. The number of rotatable bonds is 4. The van der Waals surface area contributed by atoms with Gasteiger partial charge in [-0.15, -0.1) is 0 Å². The van der Waals surface area contributed by atoms with Gasteiger partial charge in [-0.3, -0.25) is 9.52 Å². The van der Waals surface area contributed by atoms with Crippen LogP contribution in [0.4, 0.5) is 11.4 Å². The van der Waals surface area contributed by atoms with Crippen LogP contribution in [0.3, 0.4) is 0 Å². The van der Waals surface area contributed by atoms with E-state index in [1.807, 2.05) is 6.92 Å². The summed E-state index contributed by atoms with van der Waals surface area (Å²) < 4.78 is 27.6. The molecule has 132 valence electrons. The summed E-state index contributed by atoms with van der Waals surface area (Å²) in [6.07, 6.45) is 1.38. The van der Waals surface area contributed by atoms with Gasteiger partial charge in [-0.1, -0.05) is 29.3 Å². The molecule has 3 rings (SSSR count). The minimum atomic E-state index is -3.87. The summed E-state index contributed by atoms with van der Waals surface area (Å²) >= 11 is 11.9. The largest absolute Gasteiger partial charge is 0.312 e. The molecule has 0 atom stereocenters. The topological polar surface area (TPSA) is 66.5 Å². The zero-order chi connectivity index (χ0) is 18.2. The van der Waals surface area contributed by atoms with Crippen LogP contribution < -0.4 is 9.62 Å². The molecule has 1 N–H and O–H groups in total. The highest BCUT2D eigenvalue weighted by Crippen LogP contribution is 2.32. The van der Waals surface area contributed by atoms with E-state index in [2.05, 4.69) is 4.72 Å². The van der Waals surface area contributed by atoms with Crippen LogP contribution in [0.1, 0.15) is 18.4 Å². The molecule has 5 nitrogen and oxygen atoms in total. The van der Waals surface area contributed by atoms with Crippen LogP contribution >= 0.6 is 23.2 Å². The lowest BCUT2D eigenvalue weighted by atomic mass is 10.1. The Bertz CT molecular complexity index is 945. The highest BCUT2D eigenvalue weighted by molar-refractivity contribution is 7.92. The molecule has 1 aliphatic rings. The van der Waals surface area contributed by atoms with Gasteiger partial charge in [-0.2, -0.15) is 0 Å². The Labute approximate surface area is 156 Å². The standard InChI is InChI=1S/C17H16Cl2N2O3S/c1-11-10-12(7-8-14(11)21-9-3-6-16(21)22)20-25(23,24)15-5-2-4-13(18)17(15)19/h2,4-5,7-8,10,20H,3,6,9H2,1H3. The Balaban J connectivity index is 1.89. The SMILES string of the molecule is Cc1cc(NS(=O)(=O)c2cccc(Cl)c2Cl)ccc1N1CCCC1=O. The van der Waals surface area contributed by atoms with E-state index in [4.69, 9.17) is 23.2 Å². The summed E-state index contributed by atoms with van der Waals surface area (Å²) in [5.74, 6) is 0.0853. The van der Waals surface area contributed by atoms with E-state index in [1.165, 1.54) is 18.2 Å². The van der Waals surface area contributed by atoms with Crippen LogP contribution in [-0.4, -0.2) is 20.9 Å². The molecule has 0 saturated carbocycles. The van der Waals surface area contributed by atoms with E-state index in [-0.39, 0.29) is 20.8 Å². The molecule has 2 aromatic rings. The van der Waals surface area contributed by atoms with Crippen molar-refractivity contribution in [2.45, 2.75) is 24.7 Å². The molecule has 1 fully saturated rings. The number of hydrogen-bond donors (Lipinski definition) is 1. The third-order valence-electron chi connectivity index (χ3n) is 4.02. The van der Waals surface area contributed by atoms with Gasteiger partial charge in [0, 0.05) is 24.3 Å². The number of carbonyl (C=O) groups is 1. The van der Waals surface area contributed by atoms with Crippen LogP contribution in [0.15, 0.2) is 41.3 Å². The number of sulfonamides is 1. The Morgan fingerprint density at radius 3 is 2.56 bits per heavy atom. The average Bonchev–Trinajstić information content (AvgIpc) is 2.95. The number of carbonyl (C=O) groups excluding carboxylic acids is 1. The fourth-order valence-corrected chi connectivity index (χ4v) is 4.64. The first-order chi connectivity index (χ1) is 11.8. The maximum atomic E-state index is 12.6. The fraction of sp³-hybridized carbons (Fsp3) is 0.235. The summed E-state index contributed by atoms with van der Waals surface area (Å²) in [4.78, 5) is 13.5. The lowest BCUT2D eigenvalue weighted by molar-refractivity contribution is -0.117. The smallest absolute Gasteiger partial charge is 0.263 e. The summed E-state index contributed by atoms with van der Waals surface area (Å²) in [6, 6.07) is 9.50. The van der Waals surface area contributed by atoms with E-state index in [1.54, 1.807) is 23.1 Å². The van der Waals surface area contributed by atoms with Crippen LogP contribution in [0, 0.1) is 6.92 Å². The second-order valence-electron chi connectivity index (χ2n) is 5.81. The van der Waals surface area contributed by atoms with Crippen molar-refractivity contribution in [3.63, 3.8) is 0 Å². The number of amides is 1. The number of anilines is 2. The highest BCUT2D eigenvalue weighted by atomic mass is 35.5. The minimum absolute atomic E-state index is 0.0207. The number of hydrogen-bond acceptors (Lipinski definition) is 3. The third-order valence-corrected chi connectivity index (χ3v) is 6.37. The molecule has 1 amide bonds. The second kappa shape index (κ2) is 6.86. The predicted octanol–water partition coefficient (Wildman–Crippen LogP) is 4.23. The first-order valence-electron chi connectivity index (χ1n) is 7.67. The van der Waals surface area contributed by atoms with E-state index < -0.39 is 10.0 Å². The Morgan fingerprint density at radius 1 is 1.16 bits per heavy atom. The molecule has 0 unspecified atom stereocenters. The molecule has 1 saturated heterocycles. The number of aryl methyl sites for hydroxylation is 1. The summed E-state index contributed by atoms with van der Waals surface area (Å²) in [7, 11) is -3.87. The van der Waals surface area contributed by atoms with Gasteiger partial charge >= 0.3 is 0 Å². The summed E-state index contributed by atoms with van der Waals surface area (Å²) in [5.41, 5.74) is 2.00. The third kappa shape index (κ3) is 3.61. The molecule has 1 heterocycles. The number of nitrogens with one attached hydrogen (secondary N) is 1. The van der Waals surface area contributed by atoms with Gasteiger partial charge in [0.1, 0.15) is 4.90 Å². The lowest BCUT2D eigenvalue weighted by Crippen LogP contribution is -2.24. The molecule has 0 aromatic heterocycles. The van der Waals surface area contributed by atoms with Crippen LogP contribution in [-0.2, 0) is 14.8 Å². The van der Waals surface area contributed by atoms with Crippen molar-refractivity contribution in [2.24, 2.45) is 0 Å². The monoisotopic (exact) mass is 398 g/mol. The number of nitrogens with zero attached hydrogens (tertiary/aromatic N) is 1. The lowest BCUT2D eigenvalue weighted by Gasteiger charge is -2.19. The second-order valence-corrected chi connectivity index (χ2v) is 8.24. The van der Waals surface area contributed by atoms with E-state index in [9.17, 15) is 13.2 Å². The van der Waals surface area contributed by atoms with Gasteiger partial charge in [0.05, 0.1) is 10.0 Å². The van der Waals surface area contributed by atoms with Crippen molar-refractivity contribution in [3.05, 3.63) is 52.0 Å². The fourth-order valence-electron chi connectivity index (χ4n) is 2.83. The van der Waals surface area contributed by atoms with Gasteiger partial charge in [-0.05, 0) is 49.2 Å². The summed E-state index contributed by atoms with van der Waals surface area (Å²) in [5, 5.41) is 0.149. The normalized spacial score (nSPS) is 14.8. The molecule has 8 heteroatoms. The van der Waals surface area contributed by atoms with Crippen molar-refractivity contribution < 1.29 is 13.2 Å². The Kier molecular flexibility index (Phi) is 4.95. The van der Waals surface area contributed by atoms with E-state index >= 15 is 0 Å². The average molecular weight is 399 g/mol. The maximum absolute atomic E-state index is 12.6. The molecular formula is C17H16Cl2N2O3S. The number of halogens is 2. The molecular weight excluding hydrogens is 383 g/mol. The molecule has 0 bridgehead atoms. The first-order valence-corrected chi connectivity index (χ1v) is 9.91. The predicted molar refractivity (Wildman–Crippen MR) is 100 cm³/mol. The Morgan fingerprint density at radius 2 is 1.92 bits per heavy atom. The zero-order valence-corrected chi connectivity index (χ0v) is 15.7. The molecule has 0 radical (unpaired) electrons. The van der Waals surface area contributed by atoms with Crippen molar-refractivity contribution >= 4 is 50.5 Å². The zero-order valence-electron chi connectivity index (χ0n) is 13.4. The van der Waals surface area contributed by atoms with Gasteiger partial charge < -0.3 is 4.90 Å². The highest BCUT2D eigenvalue weighted by Gasteiger charge is 2.24. The van der Waals surface area contributed by atoms with Crippen molar-refractivity contribution in [3.8, 4) is 0 Å². The van der Waals surface area contributed by atoms with Crippen LogP contribution in [0.5, 0.6) is 0 Å². The van der Waals surface area contributed by atoms with Crippen LogP contribution in [0.2, 0.25) is 10.0 Å². The van der Waals surface area contributed by atoms with Gasteiger partial charge in [0.15, 0.2) is 0 Å². The molecule has 1 aliphatic heterocycles. The molecule has 25 heavy (non-hydrogen) atoms. The van der Waals surface area contributed by atoms with Crippen molar-refractivity contribution in [1.29, 1.82) is 0 Å². The van der Waals surface area contributed by atoms with Gasteiger partial charge in [0.2, 0.25) is 5.91 Å².